The minimum Gasteiger partial charge on any atom is -0.340 e. The largest absolute Gasteiger partial charge is 0.340 e. The molecule has 1 aromatic rings. The molecule has 0 saturated carbocycles. The van der Waals surface area contributed by atoms with E-state index in [0.29, 0.717) is 6.04 Å². The molecular formula is C16H23N3O3S2. The van der Waals surface area contributed by atoms with Gasteiger partial charge in [0.15, 0.2) is 0 Å². The SMILES string of the molecule is CS(=O)(=O)CCC(=O)N1CC2(CC(NCc3cccnc3)CS2)C1. The highest BCUT2D eigenvalue weighted by molar-refractivity contribution is 8.01. The third-order valence-corrected chi connectivity index (χ3v) is 7.08. The van der Waals surface area contributed by atoms with E-state index in [9.17, 15) is 13.2 Å². The summed E-state index contributed by atoms with van der Waals surface area (Å²) in [6, 6.07) is 4.44. The molecule has 1 spiro atoms. The summed E-state index contributed by atoms with van der Waals surface area (Å²) in [5.41, 5.74) is 1.18. The third kappa shape index (κ3) is 4.49. The number of aromatic nitrogens is 1. The number of hydrogen-bond donors (Lipinski definition) is 1. The molecule has 3 rings (SSSR count). The molecule has 0 aromatic carbocycles. The molecule has 2 aliphatic heterocycles. The van der Waals surface area contributed by atoms with Crippen molar-refractivity contribution < 1.29 is 13.2 Å². The minimum atomic E-state index is -3.07. The molecule has 2 saturated heterocycles. The molecule has 2 aliphatic rings. The van der Waals surface area contributed by atoms with Crippen molar-refractivity contribution in [2.75, 3.05) is 30.9 Å². The Hall–Kier alpha value is -1.12. The molecule has 24 heavy (non-hydrogen) atoms. The molecule has 8 heteroatoms. The van der Waals surface area contributed by atoms with Crippen molar-refractivity contribution in [1.29, 1.82) is 0 Å². The number of sulfone groups is 1. The molecule has 3 heterocycles. The van der Waals surface area contributed by atoms with E-state index in [4.69, 9.17) is 0 Å². The number of carbonyl (C=O) groups is 1. The summed E-state index contributed by atoms with van der Waals surface area (Å²) in [6.07, 6.45) is 5.96. The van der Waals surface area contributed by atoms with Gasteiger partial charge >= 0.3 is 0 Å². The van der Waals surface area contributed by atoms with Crippen LogP contribution in [0, 0.1) is 0 Å². The first-order valence-corrected chi connectivity index (χ1v) is 11.1. The molecule has 1 amide bonds. The van der Waals surface area contributed by atoms with Gasteiger partial charge in [0.25, 0.3) is 0 Å². The zero-order chi connectivity index (χ0) is 17.2. The second kappa shape index (κ2) is 7.01. The zero-order valence-electron chi connectivity index (χ0n) is 13.8. The lowest BCUT2D eigenvalue weighted by Gasteiger charge is -2.47. The number of nitrogens with zero attached hydrogens (tertiary/aromatic N) is 2. The van der Waals surface area contributed by atoms with Gasteiger partial charge in [-0.25, -0.2) is 8.42 Å². The van der Waals surface area contributed by atoms with Crippen LogP contribution in [0.15, 0.2) is 24.5 Å². The topological polar surface area (TPSA) is 79.4 Å². The first kappa shape index (κ1) is 17.7. The van der Waals surface area contributed by atoms with Crippen LogP contribution in [-0.2, 0) is 21.2 Å². The first-order chi connectivity index (χ1) is 11.4. The predicted octanol–water partition coefficient (Wildman–Crippen LogP) is 0.692. The highest BCUT2D eigenvalue weighted by Gasteiger charge is 2.50. The second-order valence-electron chi connectivity index (χ2n) is 6.77. The maximum Gasteiger partial charge on any atom is 0.223 e. The highest BCUT2D eigenvalue weighted by Crippen LogP contribution is 2.45. The maximum absolute atomic E-state index is 12.0. The third-order valence-electron chi connectivity index (χ3n) is 4.52. The van der Waals surface area contributed by atoms with Crippen LogP contribution in [0.1, 0.15) is 18.4 Å². The van der Waals surface area contributed by atoms with Crippen molar-refractivity contribution in [1.82, 2.24) is 15.2 Å². The Balaban J connectivity index is 1.41. The van der Waals surface area contributed by atoms with Crippen molar-refractivity contribution in [2.45, 2.75) is 30.2 Å². The van der Waals surface area contributed by atoms with E-state index in [0.717, 1.165) is 31.8 Å². The van der Waals surface area contributed by atoms with E-state index in [-0.39, 0.29) is 22.8 Å². The van der Waals surface area contributed by atoms with Crippen molar-refractivity contribution in [3.8, 4) is 0 Å². The molecule has 132 valence electrons. The molecule has 1 N–H and O–H groups in total. The molecular weight excluding hydrogens is 346 g/mol. The van der Waals surface area contributed by atoms with Gasteiger partial charge in [-0.15, -0.1) is 11.8 Å². The lowest BCUT2D eigenvalue weighted by Crippen LogP contribution is -2.61. The van der Waals surface area contributed by atoms with Gasteiger partial charge in [-0.2, -0.15) is 0 Å². The summed E-state index contributed by atoms with van der Waals surface area (Å²) in [4.78, 5) is 17.9. The summed E-state index contributed by atoms with van der Waals surface area (Å²) in [7, 11) is -3.07. The molecule has 0 bridgehead atoms. The molecule has 1 aromatic heterocycles. The van der Waals surface area contributed by atoms with Gasteiger partial charge in [-0.05, 0) is 18.1 Å². The zero-order valence-corrected chi connectivity index (χ0v) is 15.4. The van der Waals surface area contributed by atoms with Crippen LogP contribution in [0.25, 0.3) is 0 Å². The van der Waals surface area contributed by atoms with Gasteiger partial charge in [-0.3, -0.25) is 9.78 Å². The number of likely N-dealkylation sites (tertiary alicyclic amines) is 1. The molecule has 2 fully saturated rings. The van der Waals surface area contributed by atoms with Crippen molar-refractivity contribution >= 4 is 27.5 Å². The van der Waals surface area contributed by atoms with Gasteiger partial charge in [0, 0.05) is 56.5 Å². The van der Waals surface area contributed by atoms with Crippen molar-refractivity contribution in [2.24, 2.45) is 0 Å². The Morgan fingerprint density at radius 2 is 2.29 bits per heavy atom. The monoisotopic (exact) mass is 369 g/mol. The standard InChI is InChI=1S/C16H23N3O3S2/c1-24(21,22)6-4-15(20)19-11-16(12-19)7-14(10-23-16)18-9-13-3-2-5-17-8-13/h2-3,5,8,14,18H,4,6-7,9-12H2,1H3. The summed E-state index contributed by atoms with van der Waals surface area (Å²) >= 11 is 1.93. The van der Waals surface area contributed by atoms with Gasteiger partial charge < -0.3 is 10.2 Å². The van der Waals surface area contributed by atoms with Crippen molar-refractivity contribution in [3.05, 3.63) is 30.1 Å². The quantitative estimate of drug-likeness (QED) is 0.795. The summed E-state index contributed by atoms with van der Waals surface area (Å²) < 4.78 is 22.5. The minimum absolute atomic E-state index is 0.0431. The fourth-order valence-electron chi connectivity index (χ4n) is 3.22. The Labute approximate surface area is 147 Å². The fraction of sp³-hybridized carbons (Fsp3) is 0.625. The highest BCUT2D eigenvalue weighted by atomic mass is 32.2. The molecule has 1 unspecified atom stereocenters. The van der Waals surface area contributed by atoms with E-state index < -0.39 is 9.84 Å². The average Bonchev–Trinajstić information content (AvgIpc) is 2.94. The number of hydrogen-bond acceptors (Lipinski definition) is 6. The first-order valence-electron chi connectivity index (χ1n) is 8.07. The van der Waals surface area contributed by atoms with Crippen LogP contribution < -0.4 is 5.32 Å². The van der Waals surface area contributed by atoms with Crippen molar-refractivity contribution in [3.63, 3.8) is 0 Å². The summed E-state index contributed by atoms with van der Waals surface area (Å²) in [5, 5.41) is 3.57. The maximum atomic E-state index is 12.0. The van der Waals surface area contributed by atoms with E-state index in [1.165, 1.54) is 11.8 Å². The van der Waals surface area contributed by atoms with Crippen LogP contribution in [0.4, 0.5) is 0 Å². The van der Waals surface area contributed by atoms with Gasteiger partial charge in [0.2, 0.25) is 5.91 Å². The number of carbonyl (C=O) groups excluding carboxylic acids is 1. The van der Waals surface area contributed by atoms with Crippen LogP contribution >= 0.6 is 11.8 Å². The number of thioether (sulfide) groups is 1. The van der Waals surface area contributed by atoms with Gasteiger partial charge in [0.05, 0.1) is 10.5 Å². The van der Waals surface area contributed by atoms with E-state index in [1.54, 1.807) is 11.1 Å². The van der Waals surface area contributed by atoms with Crippen LogP contribution in [-0.4, -0.2) is 65.8 Å². The van der Waals surface area contributed by atoms with Crippen LogP contribution in [0.3, 0.4) is 0 Å². The lowest BCUT2D eigenvalue weighted by atomic mass is 9.91. The average molecular weight is 370 g/mol. The Morgan fingerprint density at radius 1 is 1.50 bits per heavy atom. The number of pyridine rings is 1. The van der Waals surface area contributed by atoms with Gasteiger partial charge in [-0.1, -0.05) is 6.07 Å². The summed E-state index contributed by atoms with van der Waals surface area (Å²) in [6.45, 7) is 2.29. The molecule has 1 atom stereocenters. The number of amides is 1. The molecule has 0 aliphatic carbocycles. The lowest BCUT2D eigenvalue weighted by molar-refractivity contribution is -0.135. The smallest absolute Gasteiger partial charge is 0.223 e. The fourth-order valence-corrected chi connectivity index (χ4v) is 5.37. The van der Waals surface area contributed by atoms with E-state index in [1.807, 2.05) is 24.0 Å². The Bertz CT molecular complexity index is 688. The molecule has 0 radical (unpaired) electrons. The normalized spacial score (nSPS) is 22.5. The van der Waals surface area contributed by atoms with Crippen LogP contribution in [0.5, 0.6) is 0 Å². The Morgan fingerprint density at radius 3 is 2.96 bits per heavy atom. The Kier molecular flexibility index (Phi) is 5.17. The van der Waals surface area contributed by atoms with E-state index >= 15 is 0 Å². The second-order valence-corrected chi connectivity index (χ2v) is 10.5. The van der Waals surface area contributed by atoms with Gasteiger partial charge in [0.1, 0.15) is 9.84 Å². The van der Waals surface area contributed by atoms with Crippen LogP contribution in [0.2, 0.25) is 0 Å². The number of rotatable bonds is 6. The predicted molar refractivity (Wildman–Crippen MR) is 95.6 cm³/mol. The summed E-state index contributed by atoms with van der Waals surface area (Å²) in [5.74, 6) is 0.946. The van der Waals surface area contributed by atoms with E-state index in [2.05, 4.69) is 16.4 Å². The number of nitrogens with one attached hydrogen (secondary N) is 1. The molecule has 6 nitrogen and oxygen atoms in total.